The standard InChI is InChI=1S/C14H14N2S2/c1-10(12-7-4-8-17-12)15-9-14-16-11-5-2-3-6-13(11)18-14/h2-8,10,15H,9H2,1H3. The van der Waals surface area contributed by atoms with Gasteiger partial charge in [0.15, 0.2) is 0 Å². The first-order valence-corrected chi connectivity index (χ1v) is 7.64. The van der Waals surface area contributed by atoms with Crippen LogP contribution in [0.15, 0.2) is 41.8 Å². The predicted octanol–water partition coefficient (Wildman–Crippen LogP) is 4.21. The number of hydrogen-bond donors (Lipinski definition) is 1. The zero-order valence-electron chi connectivity index (χ0n) is 10.1. The van der Waals surface area contributed by atoms with E-state index in [-0.39, 0.29) is 0 Å². The lowest BCUT2D eigenvalue weighted by atomic mass is 10.3. The van der Waals surface area contributed by atoms with E-state index in [1.807, 2.05) is 6.07 Å². The number of hydrogen-bond acceptors (Lipinski definition) is 4. The Hall–Kier alpha value is -1.23. The van der Waals surface area contributed by atoms with Crippen molar-refractivity contribution in [3.63, 3.8) is 0 Å². The van der Waals surface area contributed by atoms with Gasteiger partial charge in [0.25, 0.3) is 0 Å². The molecule has 1 atom stereocenters. The Kier molecular flexibility index (Phi) is 3.41. The normalized spacial score (nSPS) is 12.9. The van der Waals surface area contributed by atoms with Crippen LogP contribution in [0.25, 0.3) is 10.2 Å². The quantitative estimate of drug-likeness (QED) is 0.771. The maximum Gasteiger partial charge on any atom is 0.108 e. The lowest BCUT2D eigenvalue weighted by Crippen LogP contribution is -2.16. The van der Waals surface area contributed by atoms with E-state index < -0.39 is 0 Å². The highest BCUT2D eigenvalue weighted by molar-refractivity contribution is 7.18. The maximum atomic E-state index is 4.63. The van der Waals surface area contributed by atoms with E-state index in [4.69, 9.17) is 0 Å². The van der Waals surface area contributed by atoms with E-state index in [1.165, 1.54) is 9.58 Å². The van der Waals surface area contributed by atoms with Gasteiger partial charge in [0.2, 0.25) is 0 Å². The minimum absolute atomic E-state index is 0.386. The molecule has 0 saturated heterocycles. The molecule has 0 amide bonds. The molecule has 3 rings (SSSR count). The Bertz CT molecular complexity index is 595. The Morgan fingerprint density at radius 2 is 2.11 bits per heavy atom. The second-order valence-electron chi connectivity index (χ2n) is 4.19. The largest absolute Gasteiger partial charge is 0.303 e. The van der Waals surface area contributed by atoms with E-state index in [0.29, 0.717) is 6.04 Å². The molecule has 0 spiro atoms. The van der Waals surface area contributed by atoms with Crippen LogP contribution in [-0.4, -0.2) is 4.98 Å². The van der Waals surface area contributed by atoms with Gasteiger partial charge in [0.05, 0.1) is 10.2 Å². The first kappa shape index (κ1) is 11.8. The number of thiazole rings is 1. The third-order valence-electron chi connectivity index (χ3n) is 2.87. The first-order chi connectivity index (χ1) is 8.83. The summed E-state index contributed by atoms with van der Waals surface area (Å²) in [6, 6.07) is 12.9. The second-order valence-corrected chi connectivity index (χ2v) is 6.29. The zero-order valence-corrected chi connectivity index (χ0v) is 11.7. The molecular weight excluding hydrogens is 260 g/mol. The van der Waals surface area contributed by atoms with Crippen molar-refractivity contribution in [2.45, 2.75) is 19.5 Å². The fourth-order valence-electron chi connectivity index (χ4n) is 1.87. The number of benzene rings is 1. The summed E-state index contributed by atoms with van der Waals surface area (Å²) >= 11 is 3.56. The minimum atomic E-state index is 0.386. The lowest BCUT2D eigenvalue weighted by molar-refractivity contribution is 0.582. The molecule has 2 aromatic heterocycles. The van der Waals surface area contributed by atoms with Crippen LogP contribution in [0, 0.1) is 0 Å². The molecule has 92 valence electrons. The number of nitrogens with one attached hydrogen (secondary N) is 1. The number of aromatic nitrogens is 1. The van der Waals surface area contributed by atoms with Crippen molar-refractivity contribution in [3.05, 3.63) is 51.7 Å². The van der Waals surface area contributed by atoms with Crippen molar-refractivity contribution >= 4 is 32.9 Å². The molecule has 18 heavy (non-hydrogen) atoms. The maximum absolute atomic E-state index is 4.63. The summed E-state index contributed by atoms with van der Waals surface area (Å²) in [5.41, 5.74) is 1.10. The number of fused-ring (bicyclic) bond motifs is 1. The topological polar surface area (TPSA) is 24.9 Å². The van der Waals surface area contributed by atoms with Gasteiger partial charge < -0.3 is 5.32 Å². The Labute approximate surface area is 114 Å². The van der Waals surface area contributed by atoms with Crippen LogP contribution in [0.1, 0.15) is 22.9 Å². The SMILES string of the molecule is CC(NCc1nc2ccccc2s1)c1cccs1. The van der Waals surface area contributed by atoms with Gasteiger partial charge in [-0.25, -0.2) is 4.98 Å². The van der Waals surface area contributed by atoms with Gasteiger partial charge in [-0.1, -0.05) is 18.2 Å². The average molecular weight is 274 g/mol. The van der Waals surface area contributed by atoms with E-state index in [1.54, 1.807) is 22.7 Å². The summed E-state index contributed by atoms with van der Waals surface area (Å²) in [7, 11) is 0. The Balaban J connectivity index is 1.69. The summed E-state index contributed by atoms with van der Waals surface area (Å²) in [6.07, 6.45) is 0. The molecule has 4 heteroatoms. The van der Waals surface area contributed by atoms with Gasteiger partial charge in [0, 0.05) is 17.5 Å². The molecule has 0 aliphatic carbocycles. The highest BCUT2D eigenvalue weighted by atomic mass is 32.1. The first-order valence-electron chi connectivity index (χ1n) is 5.94. The summed E-state index contributed by atoms with van der Waals surface area (Å²) in [4.78, 5) is 6.00. The van der Waals surface area contributed by atoms with Crippen molar-refractivity contribution in [2.24, 2.45) is 0 Å². The molecule has 3 aromatic rings. The van der Waals surface area contributed by atoms with Crippen LogP contribution in [0.3, 0.4) is 0 Å². The van der Waals surface area contributed by atoms with Crippen LogP contribution in [0.5, 0.6) is 0 Å². The highest BCUT2D eigenvalue weighted by Gasteiger charge is 2.07. The summed E-state index contributed by atoms with van der Waals surface area (Å²) in [6.45, 7) is 3.03. The molecule has 0 radical (unpaired) electrons. The van der Waals surface area contributed by atoms with Gasteiger partial charge in [0.1, 0.15) is 5.01 Å². The molecule has 0 saturated carbocycles. The molecule has 1 unspecified atom stereocenters. The number of rotatable bonds is 4. The number of nitrogens with zero attached hydrogens (tertiary/aromatic N) is 1. The van der Waals surface area contributed by atoms with Crippen LogP contribution < -0.4 is 5.32 Å². The van der Waals surface area contributed by atoms with Gasteiger partial charge in [-0.15, -0.1) is 22.7 Å². The molecule has 1 aromatic carbocycles. The van der Waals surface area contributed by atoms with E-state index in [2.05, 4.69) is 52.9 Å². The molecule has 0 aliphatic heterocycles. The van der Waals surface area contributed by atoms with Crippen molar-refractivity contribution in [1.29, 1.82) is 0 Å². The predicted molar refractivity (Wildman–Crippen MR) is 79.2 cm³/mol. The minimum Gasteiger partial charge on any atom is -0.303 e. The van der Waals surface area contributed by atoms with Gasteiger partial charge in [-0.2, -0.15) is 0 Å². The molecule has 0 bridgehead atoms. The van der Waals surface area contributed by atoms with Crippen LogP contribution in [0.4, 0.5) is 0 Å². The van der Waals surface area contributed by atoms with Crippen LogP contribution >= 0.6 is 22.7 Å². The van der Waals surface area contributed by atoms with Gasteiger partial charge in [-0.05, 0) is 30.5 Å². The molecule has 2 heterocycles. The second kappa shape index (κ2) is 5.18. The fraction of sp³-hybridized carbons (Fsp3) is 0.214. The van der Waals surface area contributed by atoms with E-state index in [9.17, 15) is 0 Å². The average Bonchev–Trinajstić information content (AvgIpc) is 3.04. The smallest absolute Gasteiger partial charge is 0.108 e. The molecular formula is C14H14N2S2. The lowest BCUT2D eigenvalue weighted by Gasteiger charge is -2.10. The summed E-state index contributed by atoms with van der Waals surface area (Å²) in [5, 5.41) is 6.79. The third kappa shape index (κ3) is 2.46. The van der Waals surface area contributed by atoms with E-state index in [0.717, 1.165) is 17.1 Å². The molecule has 0 fully saturated rings. The molecule has 1 N–H and O–H groups in total. The van der Waals surface area contributed by atoms with Crippen LogP contribution in [0.2, 0.25) is 0 Å². The third-order valence-corrected chi connectivity index (χ3v) is 4.96. The number of para-hydroxylation sites is 1. The fourth-order valence-corrected chi connectivity index (χ4v) is 3.55. The van der Waals surface area contributed by atoms with Gasteiger partial charge in [-0.3, -0.25) is 0 Å². The summed E-state index contributed by atoms with van der Waals surface area (Å²) < 4.78 is 1.26. The van der Waals surface area contributed by atoms with Crippen molar-refractivity contribution in [2.75, 3.05) is 0 Å². The molecule has 2 nitrogen and oxygen atoms in total. The van der Waals surface area contributed by atoms with Crippen LogP contribution in [-0.2, 0) is 6.54 Å². The monoisotopic (exact) mass is 274 g/mol. The number of thiophene rings is 1. The zero-order chi connectivity index (χ0) is 12.4. The summed E-state index contributed by atoms with van der Waals surface area (Å²) in [5.74, 6) is 0. The molecule has 0 aliphatic rings. The van der Waals surface area contributed by atoms with Crippen molar-refractivity contribution < 1.29 is 0 Å². The van der Waals surface area contributed by atoms with Crippen molar-refractivity contribution in [3.8, 4) is 0 Å². The Morgan fingerprint density at radius 3 is 2.89 bits per heavy atom. The Morgan fingerprint density at radius 1 is 1.22 bits per heavy atom. The van der Waals surface area contributed by atoms with Crippen molar-refractivity contribution in [1.82, 2.24) is 10.3 Å². The highest BCUT2D eigenvalue weighted by Crippen LogP contribution is 2.23. The van der Waals surface area contributed by atoms with Gasteiger partial charge >= 0.3 is 0 Å². The van der Waals surface area contributed by atoms with E-state index >= 15 is 0 Å².